The first-order chi connectivity index (χ1) is 11.5. The second-order valence-electron chi connectivity index (χ2n) is 5.41. The van der Waals surface area contributed by atoms with Crippen LogP contribution in [-0.4, -0.2) is 27.6 Å². The van der Waals surface area contributed by atoms with Gasteiger partial charge in [-0.25, -0.2) is 4.98 Å². The van der Waals surface area contributed by atoms with Crippen molar-refractivity contribution in [3.8, 4) is 10.6 Å². The second kappa shape index (κ2) is 7.16. The molecule has 3 aromatic rings. The van der Waals surface area contributed by atoms with Gasteiger partial charge in [-0.05, 0) is 32.5 Å². The van der Waals surface area contributed by atoms with Crippen molar-refractivity contribution in [2.24, 2.45) is 5.73 Å². The van der Waals surface area contributed by atoms with Gasteiger partial charge < -0.3 is 5.73 Å². The second-order valence-corrected chi connectivity index (χ2v) is 7.33. The molecule has 2 heterocycles. The first kappa shape index (κ1) is 16.7. The van der Waals surface area contributed by atoms with Crippen molar-refractivity contribution < 1.29 is 4.79 Å². The molecule has 2 aromatic heterocycles. The van der Waals surface area contributed by atoms with E-state index in [1.807, 2.05) is 13.8 Å². The Hall–Kier alpha value is -2.16. The average Bonchev–Trinajstić information content (AvgIpc) is 3.16. The van der Waals surface area contributed by atoms with Crippen LogP contribution in [0.3, 0.4) is 0 Å². The standard InChI is InChI=1S/C16H17N5OS2/c1-9-5-10(2)7-11(6-9)15-20-21-16(24-15)19-14(22)12-8-23-13(18-12)3-4-17/h5-8H,3-4,17H2,1-2H3,(H,19,21,22). The van der Waals surface area contributed by atoms with E-state index >= 15 is 0 Å². The molecule has 0 atom stereocenters. The third kappa shape index (κ3) is 3.84. The molecule has 0 spiro atoms. The van der Waals surface area contributed by atoms with Crippen LogP contribution in [0.15, 0.2) is 23.6 Å². The highest BCUT2D eigenvalue weighted by molar-refractivity contribution is 7.18. The Labute approximate surface area is 147 Å². The first-order valence-corrected chi connectivity index (χ1v) is 9.13. The lowest BCUT2D eigenvalue weighted by atomic mass is 10.1. The maximum Gasteiger partial charge on any atom is 0.276 e. The number of anilines is 1. The molecule has 0 aliphatic rings. The van der Waals surface area contributed by atoms with Crippen LogP contribution in [0, 0.1) is 13.8 Å². The van der Waals surface area contributed by atoms with Crippen LogP contribution in [0.25, 0.3) is 10.6 Å². The average molecular weight is 359 g/mol. The number of benzene rings is 1. The Bertz CT molecular complexity index is 851. The van der Waals surface area contributed by atoms with Crippen LogP contribution < -0.4 is 11.1 Å². The minimum atomic E-state index is -0.280. The molecule has 0 fully saturated rings. The lowest BCUT2D eigenvalue weighted by Gasteiger charge is -2.00. The summed E-state index contributed by atoms with van der Waals surface area (Å²) in [6.07, 6.45) is 0.674. The molecule has 6 nitrogen and oxygen atoms in total. The van der Waals surface area contributed by atoms with E-state index in [1.165, 1.54) is 33.8 Å². The molecule has 1 amide bonds. The van der Waals surface area contributed by atoms with Crippen LogP contribution >= 0.6 is 22.7 Å². The molecule has 0 saturated carbocycles. The van der Waals surface area contributed by atoms with E-state index in [0.29, 0.717) is 23.8 Å². The lowest BCUT2D eigenvalue weighted by molar-refractivity contribution is 0.102. The van der Waals surface area contributed by atoms with Gasteiger partial charge in [-0.15, -0.1) is 21.5 Å². The zero-order valence-electron chi connectivity index (χ0n) is 13.4. The predicted molar refractivity (Wildman–Crippen MR) is 97.6 cm³/mol. The summed E-state index contributed by atoms with van der Waals surface area (Å²) in [5.41, 5.74) is 9.22. The predicted octanol–water partition coefficient (Wildman–Crippen LogP) is 3.03. The van der Waals surface area contributed by atoms with Crippen molar-refractivity contribution in [2.75, 3.05) is 11.9 Å². The number of hydrogen-bond acceptors (Lipinski definition) is 7. The normalized spacial score (nSPS) is 10.8. The third-order valence-electron chi connectivity index (χ3n) is 3.26. The Kier molecular flexibility index (Phi) is 4.98. The first-order valence-electron chi connectivity index (χ1n) is 7.43. The quantitative estimate of drug-likeness (QED) is 0.730. The van der Waals surface area contributed by atoms with Crippen molar-refractivity contribution in [2.45, 2.75) is 20.3 Å². The number of carbonyl (C=O) groups excluding carboxylic acids is 1. The van der Waals surface area contributed by atoms with Crippen LogP contribution in [0.4, 0.5) is 5.13 Å². The molecular formula is C16H17N5OS2. The number of carbonyl (C=O) groups is 1. The van der Waals surface area contributed by atoms with Gasteiger partial charge in [0.1, 0.15) is 10.7 Å². The van der Waals surface area contributed by atoms with E-state index in [1.54, 1.807) is 5.38 Å². The van der Waals surface area contributed by atoms with Gasteiger partial charge in [0.25, 0.3) is 5.91 Å². The SMILES string of the molecule is Cc1cc(C)cc(-c2nnc(NC(=O)c3csc(CCN)n3)s2)c1. The summed E-state index contributed by atoms with van der Waals surface area (Å²) in [4.78, 5) is 16.5. The summed E-state index contributed by atoms with van der Waals surface area (Å²) in [6.45, 7) is 4.60. The van der Waals surface area contributed by atoms with Gasteiger partial charge in [0.15, 0.2) is 0 Å². The van der Waals surface area contributed by atoms with E-state index in [2.05, 4.69) is 38.7 Å². The van der Waals surface area contributed by atoms with Crippen molar-refractivity contribution in [1.29, 1.82) is 0 Å². The van der Waals surface area contributed by atoms with E-state index in [9.17, 15) is 4.79 Å². The minimum absolute atomic E-state index is 0.280. The van der Waals surface area contributed by atoms with Crippen molar-refractivity contribution >= 4 is 33.7 Å². The lowest BCUT2D eigenvalue weighted by Crippen LogP contribution is -2.12. The summed E-state index contributed by atoms with van der Waals surface area (Å²) in [6, 6.07) is 6.21. The zero-order chi connectivity index (χ0) is 17.1. The van der Waals surface area contributed by atoms with Crippen LogP contribution in [0.1, 0.15) is 26.6 Å². The molecule has 8 heteroatoms. The van der Waals surface area contributed by atoms with Gasteiger partial charge in [-0.1, -0.05) is 28.5 Å². The molecular weight excluding hydrogens is 342 g/mol. The maximum absolute atomic E-state index is 12.2. The monoisotopic (exact) mass is 359 g/mol. The number of rotatable bonds is 5. The highest BCUT2D eigenvalue weighted by Crippen LogP contribution is 2.28. The molecule has 0 radical (unpaired) electrons. The molecule has 0 bridgehead atoms. The number of nitrogens with zero attached hydrogens (tertiary/aromatic N) is 3. The van der Waals surface area contributed by atoms with Crippen LogP contribution in [-0.2, 0) is 6.42 Å². The number of nitrogens with two attached hydrogens (primary N) is 1. The van der Waals surface area contributed by atoms with Gasteiger partial charge in [-0.2, -0.15) is 0 Å². The van der Waals surface area contributed by atoms with Gasteiger partial charge in [0.05, 0.1) is 5.01 Å². The number of amides is 1. The smallest absolute Gasteiger partial charge is 0.276 e. The van der Waals surface area contributed by atoms with Crippen molar-refractivity contribution in [1.82, 2.24) is 15.2 Å². The summed E-state index contributed by atoms with van der Waals surface area (Å²) in [5, 5.41) is 14.8. The van der Waals surface area contributed by atoms with Gasteiger partial charge >= 0.3 is 0 Å². The molecule has 24 heavy (non-hydrogen) atoms. The number of hydrogen-bond donors (Lipinski definition) is 2. The Balaban J connectivity index is 1.74. The number of aromatic nitrogens is 3. The number of aryl methyl sites for hydroxylation is 2. The Morgan fingerprint density at radius 2 is 1.96 bits per heavy atom. The topological polar surface area (TPSA) is 93.8 Å². The zero-order valence-corrected chi connectivity index (χ0v) is 15.0. The summed E-state index contributed by atoms with van der Waals surface area (Å²) < 4.78 is 0. The third-order valence-corrected chi connectivity index (χ3v) is 5.05. The Morgan fingerprint density at radius 1 is 1.21 bits per heavy atom. The maximum atomic E-state index is 12.2. The highest BCUT2D eigenvalue weighted by atomic mass is 32.1. The van der Waals surface area contributed by atoms with E-state index in [-0.39, 0.29) is 5.91 Å². The van der Waals surface area contributed by atoms with Gasteiger partial charge in [0.2, 0.25) is 5.13 Å². The molecule has 0 aliphatic heterocycles. The molecule has 0 aliphatic carbocycles. The summed E-state index contributed by atoms with van der Waals surface area (Å²) in [5.74, 6) is -0.280. The highest BCUT2D eigenvalue weighted by Gasteiger charge is 2.14. The number of thiazole rings is 1. The molecule has 124 valence electrons. The fourth-order valence-electron chi connectivity index (χ4n) is 2.30. The largest absolute Gasteiger partial charge is 0.330 e. The van der Waals surface area contributed by atoms with E-state index in [0.717, 1.165) is 15.6 Å². The molecule has 3 N–H and O–H groups in total. The summed E-state index contributed by atoms with van der Waals surface area (Å²) >= 11 is 2.78. The fraction of sp³-hybridized carbons (Fsp3) is 0.250. The molecule has 3 rings (SSSR count). The van der Waals surface area contributed by atoms with Gasteiger partial charge in [-0.3, -0.25) is 10.1 Å². The van der Waals surface area contributed by atoms with Gasteiger partial charge in [0, 0.05) is 17.4 Å². The number of nitrogens with one attached hydrogen (secondary N) is 1. The van der Waals surface area contributed by atoms with Crippen molar-refractivity contribution in [3.05, 3.63) is 45.4 Å². The summed E-state index contributed by atoms with van der Waals surface area (Å²) in [7, 11) is 0. The minimum Gasteiger partial charge on any atom is -0.330 e. The van der Waals surface area contributed by atoms with Crippen LogP contribution in [0.5, 0.6) is 0 Å². The van der Waals surface area contributed by atoms with Crippen molar-refractivity contribution in [3.63, 3.8) is 0 Å². The van der Waals surface area contributed by atoms with E-state index in [4.69, 9.17) is 5.73 Å². The van der Waals surface area contributed by atoms with Crippen LogP contribution in [0.2, 0.25) is 0 Å². The molecule has 1 aromatic carbocycles. The Morgan fingerprint density at radius 3 is 2.67 bits per heavy atom. The molecule has 0 unspecified atom stereocenters. The fourth-order valence-corrected chi connectivity index (χ4v) is 3.82. The van der Waals surface area contributed by atoms with E-state index < -0.39 is 0 Å². The molecule has 0 saturated heterocycles.